The highest BCUT2D eigenvalue weighted by molar-refractivity contribution is 8.00. The quantitative estimate of drug-likeness (QED) is 0.671. The number of hydrogen-bond acceptors (Lipinski definition) is 4. The van der Waals surface area contributed by atoms with Crippen LogP contribution in [-0.2, 0) is 4.79 Å². The van der Waals surface area contributed by atoms with E-state index >= 15 is 0 Å². The lowest BCUT2D eigenvalue weighted by Gasteiger charge is -2.08. The molecule has 5 heteroatoms. The summed E-state index contributed by atoms with van der Waals surface area (Å²) in [5.41, 5.74) is 8.70. The van der Waals surface area contributed by atoms with Gasteiger partial charge in [0.05, 0.1) is 17.4 Å². The Bertz CT molecular complexity index is 707. The third-order valence-corrected chi connectivity index (χ3v) is 4.12. The third-order valence-electron chi connectivity index (χ3n) is 2.96. The predicted octanol–water partition coefficient (Wildman–Crippen LogP) is 3.18. The second-order valence-corrected chi connectivity index (χ2v) is 5.52. The molecule has 0 fully saturated rings. The molecular weight excluding hydrogens is 282 g/mol. The molecule has 21 heavy (non-hydrogen) atoms. The number of carbonyl (C=O) groups is 1. The molecule has 0 aliphatic rings. The summed E-state index contributed by atoms with van der Waals surface area (Å²) in [5.74, 6) is 0.179. The van der Waals surface area contributed by atoms with Crippen LogP contribution in [0.3, 0.4) is 0 Å². The number of nitrogen functional groups attached to an aromatic ring is 1. The van der Waals surface area contributed by atoms with E-state index in [9.17, 15) is 4.79 Å². The molecule has 106 valence electrons. The Morgan fingerprint density at radius 1 is 1.33 bits per heavy atom. The van der Waals surface area contributed by atoms with Crippen molar-refractivity contribution in [1.29, 1.82) is 5.26 Å². The van der Waals surface area contributed by atoms with Crippen LogP contribution in [0.5, 0.6) is 0 Å². The van der Waals surface area contributed by atoms with Crippen molar-refractivity contribution in [3.8, 4) is 6.07 Å². The van der Waals surface area contributed by atoms with E-state index in [0.29, 0.717) is 17.0 Å². The molecule has 2 aromatic rings. The Morgan fingerprint density at radius 2 is 2.10 bits per heavy atom. The molecule has 2 aromatic carbocycles. The number of benzene rings is 2. The molecule has 0 aliphatic heterocycles. The largest absolute Gasteiger partial charge is 0.398 e. The van der Waals surface area contributed by atoms with Gasteiger partial charge in [-0.05, 0) is 42.8 Å². The first-order valence-electron chi connectivity index (χ1n) is 6.38. The van der Waals surface area contributed by atoms with Crippen molar-refractivity contribution in [2.75, 3.05) is 16.8 Å². The highest BCUT2D eigenvalue weighted by Crippen LogP contribution is 2.26. The first-order valence-corrected chi connectivity index (χ1v) is 7.36. The molecule has 0 saturated carbocycles. The van der Waals surface area contributed by atoms with Crippen molar-refractivity contribution in [3.63, 3.8) is 0 Å². The van der Waals surface area contributed by atoms with Gasteiger partial charge in [-0.1, -0.05) is 12.1 Å². The van der Waals surface area contributed by atoms with E-state index in [1.165, 1.54) is 11.8 Å². The molecule has 0 unspecified atom stereocenters. The summed E-state index contributed by atoms with van der Waals surface area (Å²) in [5, 5.41) is 11.6. The highest BCUT2D eigenvalue weighted by atomic mass is 32.2. The van der Waals surface area contributed by atoms with Crippen molar-refractivity contribution in [2.24, 2.45) is 0 Å². The molecule has 0 aliphatic carbocycles. The van der Waals surface area contributed by atoms with E-state index in [0.717, 1.165) is 16.1 Å². The van der Waals surface area contributed by atoms with Crippen LogP contribution in [0.4, 0.5) is 11.4 Å². The molecule has 0 atom stereocenters. The molecule has 0 bridgehead atoms. The molecule has 0 aromatic heterocycles. The van der Waals surface area contributed by atoms with E-state index in [1.807, 2.05) is 31.2 Å². The first-order chi connectivity index (χ1) is 10.1. The summed E-state index contributed by atoms with van der Waals surface area (Å²) in [7, 11) is 0. The zero-order chi connectivity index (χ0) is 15.2. The Balaban J connectivity index is 1.96. The van der Waals surface area contributed by atoms with Gasteiger partial charge in [-0.3, -0.25) is 4.79 Å². The summed E-state index contributed by atoms with van der Waals surface area (Å²) in [4.78, 5) is 12.9. The molecular formula is C16H15N3OS. The van der Waals surface area contributed by atoms with Crippen molar-refractivity contribution >= 4 is 29.0 Å². The maximum Gasteiger partial charge on any atom is 0.234 e. The number of nitrogens with one attached hydrogen (secondary N) is 1. The number of rotatable bonds is 4. The summed E-state index contributed by atoms with van der Waals surface area (Å²) in [6.07, 6.45) is 0. The average molecular weight is 297 g/mol. The van der Waals surface area contributed by atoms with Gasteiger partial charge in [0.1, 0.15) is 0 Å². The topological polar surface area (TPSA) is 78.9 Å². The second kappa shape index (κ2) is 6.82. The van der Waals surface area contributed by atoms with Crippen molar-refractivity contribution in [2.45, 2.75) is 11.8 Å². The number of nitrogens with zero attached hydrogens (tertiary/aromatic N) is 1. The number of nitrogens with two attached hydrogens (primary N) is 1. The van der Waals surface area contributed by atoms with Gasteiger partial charge in [-0.2, -0.15) is 5.26 Å². The van der Waals surface area contributed by atoms with E-state index < -0.39 is 0 Å². The van der Waals surface area contributed by atoms with Gasteiger partial charge in [-0.15, -0.1) is 11.8 Å². The van der Waals surface area contributed by atoms with Crippen LogP contribution in [0.1, 0.15) is 11.1 Å². The second-order valence-electron chi connectivity index (χ2n) is 4.50. The lowest BCUT2D eigenvalue weighted by atomic mass is 10.2. The minimum Gasteiger partial charge on any atom is -0.398 e. The average Bonchev–Trinajstić information content (AvgIpc) is 2.49. The van der Waals surface area contributed by atoms with Crippen molar-refractivity contribution in [3.05, 3.63) is 53.6 Å². The SMILES string of the molecule is Cc1c(N)cccc1SCC(=O)Nc1cccc(C#N)c1. The smallest absolute Gasteiger partial charge is 0.234 e. The summed E-state index contributed by atoms with van der Waals surface area (Å²) in [6.45, 7) is 1.94. The van der Waals surface area contributed by atoms with Crippen LogP contribution in [-0.4, -0.2) is 11.7 Å². The zero-order valence-corrected chi connectivity index (χ0v) is 12.4. The fourth-order valence-corrected chi connectivity index (χ4v) is 2.66. The summed E-state index contributed by atoms with van der Waals surface area (Å²) in [6, 6.07) is 14.5. The van der Waals surface area contributed by atoms with Gasteiger partial charge >= 0.3 is 0 Å². The summed E-state index contributed by atoms with van der Waals surface area (Å²) >= 11 is 1.44. The molecule has 0 heterocycles. The predicted molar refractivity (Wildman–Crippen MR) is 86.1 cm³/mol. The molecule has 4 nitrogen and oxygen atoms in total. The number of thioether (sulfide) groups is 1. The number of amides is 1. The zero-order valence-electron chi connectivity index (χ0n) is 11.6. The van der Waals surface area contributed by atoms with E-state index in [-0.39, 0.29) is 5.91 Å². The normalized spacial score (nSPS) is 9.90. The molecule has 2 rings (SSSR count). The van der Waals surface area contributed by atoms with Crippen LogP contribution in [0.25, 0.3) is 0 Å². The van der Waals surface area contributed by atoms with Crippen molar-refractivity contribution < 1.29 is 4.79 Å². The molecule has 1 amide bonds. The van der Waals surface area contributed by atoms with Crippen molar-refractivity contribution in [1.82, 2.24) is 0 Å². The Kier molecular flexibility index (Phi) is 4.85. The summed E-state index contributed by atoms with van der Waals surface area (Å²) < 4.78 is 0. The number of nitriles is 1. The maximum absolute atomic E-state index is 11.9. The van der Waals surface area contributed by atoms with Gasteiger partial charge in [0.2, 0.25) is 5.91 Å². The Hall–Kier alpha value is -2.45. The molecule has 3 N–H and O–H groups in total. The Morgan fingerprint density at radius 3 is 2.86 bits per heavy atom. The molecule has 0 saturated heterocycles. The minimum atomic E-state index is -0.114. The lowest BCUT2D eigenvalue weighted by molar-refractivity contribution is -0.113. The fraction of sp³-hybridized carbons (Fsp3) is 0.125. The van der Waals surface area contributed by atoms with Gasteiger partial charge in [0.25, 0.3) is 0 Å². The van der Waals surface area contributed by atoms with Crippen LogP contribution < -0.4 is 11.1 Å². The van der Waals surface area contributed by atoms with Gasteiger partial charge in [-0.25, -0.2) is 0 Å². The maximum atomic E-state index is 11.9. The monoisotopic (exact) mass is 297 g/mol. The van der Waals surface area contributed by atoms with Gasteiger partial charge < -0.3 is 11.1 Å². The number of carbonyl (C=O) groups excluding carboxylic acids is 1. The highest BCUT2D eigenvalue weighted by Gasteiger charge is 2.07. The van der Waals surface area contributed by atoms with Crippen LogP contribution in [0.2, 0.25) is 0 Å². The molecule has 0 radical (unpaired) electrons. The van der Waals surface area contributed by atoms with Crippen LogP contribution >= 0.6 is 11.8 Å². The lowest BCUT2D eigenvalue weighted by Crippen LogP contribution is -2.14. The van der Waals surface area contributed by atoms with Crippen LogP contribution in [0.15, 0.2) is 47.4 Å². The first kappa shape index (κ1) is 14.9. The fourth-order valence-electron chi connectivity index (χ4n) is 1.79. The van der Waals surface area contributed by atoms with Gasteiger partial charge in [0, 0.05) is 16.3 Å². The standard InChI is InChI=1S/C16H15N3OS/c1-11-14(18)6-3-7-15(11)21-10-16(20)19-13-5-2-4-12(8-13)9-17/h2-8H,10,18H2,1H3,(H,19,20). The van der Waals surface area contributed by atoms with E-state index in [1.54, 1.807) is 24.3 Å². The van der Waals surface area contributed by atoms with E-state index in [2.05, 4.69) is 5.32 Å². The number of hydrogen-bond donors (Lipinski definition) is 2. The van der Waals surface area contributed by atoms with Gasteiger partial charge in [0.15, 0.2) is 0 Å². The van der Waals surface area contributed by atoms with E-state index in [4.69, 9.17) is 11.0 Å². The minimum absolute atomic E-state index is 0.114. The van der Waals surface area contributed by atoms with Crippen LogP contribution in [0, 0.1) is 18.3 Å². The number of anilines is 2. The third kappa shape index (κ3) is 4.01. The Labute approximate surface area is 128 Å². The molecule has 0 spiro atoms.